The number of halogens is 1. The summed E-state index contributed by atoms with van der Waals surface area (Å²) in [5.74, 6) is -0.700. The Morgan fingerprint density at radius 1 is 1.32 bits per heavy atom. The third-order valence-corrected chi connectivity index (χ3v) is 3.98. The number of carbonyl (C=O) groups excluding carboxylic acids is 2. The lowest BCUT2D eigenvalue weighted by Crippen LogP contribution is -2.27. The lowest BCUT2D eigenvalue weighted by molar-refractivity contribution is 0.0952. The maximum atomic E-state index is 12.4. The van der Waals surface area contributed by atoms with Gasteiger partial charge in [0, 0.05) is 17.6 Å². The van der Waals surface area contributed by atoms with E-state index in [9.17, 15) is 9.59 Å². The topological polar surface area (TPSA) is 115 Å². The summed E-state index contributed by atoms with van der Waals surface area (Å²) in [5.41, 5.74) is 6.32. The Morgan fingerprint density at radius 3 is 2.84 bits per heavy atom. The van der Waals surface area contributed by atoms with Gasteiger partial charge in [-0.2, -0.15) is 0 Å². The molecule has 132 valence electrons. The van der Waals surface area contributed by atoms with E-state index in [4.69, 9.17) is 17.3 Å². The van der Waals surface area contributed by atoms with Crippen LogP contribution in [0.2, 0.25) is 5.02 Å². The molecule has 2 aromatic rings. The summed E-state index contributed by atoms with van der Waals surface area (Å²) < 4.78 is 1.56. The summed E-state index contributed by atoms with van der Waals surface area (Å²) in [6.07, 6.45) is 4.23. The summed E-state index contributed by atoms with van der Waals surface area (Å²) in [4.78, 5) is 24.7. The maximum Gasteiger partial charge on any atom is 0.277 e. The number of benzene rings is 1. The van der Waals surface area contributed by atoms with Crippen molar-refractivity contribution in [3.05, 3.63) is 40.7 Å². The molecule has 25 heavy (non-hydrogen) atoms. The molecule has 1 aliphatic carbocycles. The molecular formula is C16H19ClN6O2. The highest BCUT2D eigenvalue weighted by Gasteiger charge is 2.25. The fourth-order valence-electron chi connectivity index (χ4n) is 2.26. The number of amides is 2. The second-order valence-corrected chi connectivity index (χ2v) is 6.34. The molecule has 9 heteroatoms. The van der Waals surface area contributed by atoms with Crippen LogP contribution in [-0.4, -0.2) is 39.4 Å². The normalized spacial score (nSPS) is 13.5. The van der Waals surface area contributed by atoms with Crippen LogP contribution in [0.15, 0.2) is 24.4 Å². The van der Waals surface area contributed by atoms with Gasteiger partial charge in [0.05, 0.1) is 17.4 Å². The van der Waals surface area contributed by atoms with E-state index >= 15 is 0 Å². The first-order valence-corrected chi connectivity index (χ1v) is 8.46. The van der Waals surface area contributed by atoms with Crippen molar-refractivity contribution in [1.29, 1.82) is 0 Å². The van der Waals surface area contributed by atoms with Gasteiger partial charge in [0.2, 0.25) is 0 Å². The summed E-state index contributed by atoms with van der Waals surface area (Å²) in [6, 6.07) is 4.95. The van der Waals surface area contributed by atoms with E-state index < -0.39 is 5.91 Å². The zero-order valence-corrected chi connectivity index (χ0v) is 14.3. The van der Waals surface area contributed by atoms with E-state index in [1.54, 1.807) is 23.0 Å². The standard InChI is InChI=1S/C16H19ClN6O2/c17-10-2-5-13(12(8-10)15(24)19-11-3-4-11)20-16(25)14-9-23(22-21-14)7-1-6-18/h2,5,8-9,11H,1,3-4,6-7,18H2,(H,19,24)(H,20,25). The molecule has 0 unspecified atom stereocenters. The van der Waals surface area contributed by atoms with Gasteiger partial charge < -0.3 is 16.4 Å². The molecule has 1 saturated carbocycles. The first kappa shape index (κ1) is 17.4. The molecule has 1 aromatic carbocycles. The van der Waals surface area contributed by atoms with Crippen LogP contribution >= 0.6 is 11.6 Å². The third kappa shape index (κ3) is 4.55. The van der Waals surface area contributed by atoms with E-state index in [2.05, 4.69) is 20.9 Å². The minimum absolute atomic E-state index is 0.167. The molecule has 4 N–H and O–H groups in total. The fourth-order valence-corrected chi connectivity index (χ4v) is 2.43. The van der Waals surface area contributed by atoms with E-state index in [0.29, 0.717) is 29.4 Å². The highest BCUT2D eigenvalue weighted by Crippen LogP contribution is 2.24. The molecule has 0 saturated heterocycles. The van der Waals surface area contributed by atoms with Gasteiger partial charge >= 0.3 is 0 Å². The zero-order chi connectivity index (χ0) is 17.8. The second kappa shape index (κ2) is 7.62. The Bertz CT molecular complexity index is 787. The molecule has 1 fully saturated rings. The monoisotopic (exact) mass is 362 g/mol. The molecule has 0 spiro atoms. The van der Waals surface area contributed by atoms with Crippen LogP contribution in [0.1, 0.15) is 40.1 Å². The van der Waals surface area contributed by atoms with Gasteiger partial charge in [-0.15, -0.1) is 5.10 Å². The Morgan fingerprint density at radius 2 is 2.12 bits per heavy atom. The van der Waals surface area contributed by atoms with Gasteiger partial charge in [-0.3, -0.25) is 14.3 Å². The van der Waals surface area contributed by atoms with Gasteiger partial charge in [0.1, 0.15) is 0 Å². The van der Waals surface area contributed by atoms with Crippen LogP contribution in [-0.2, 0) is 6.54 Å². The average Bonchev–Trinajstić information content (AvgIpc) is 3.28. The summed E-state index contributed by atoms with van der Waals surface area (Å²) in [6.45, 7) is 1.12. The molecule has 0 aliphatic heterocycles. The van der Waals surface area contributed by atoms with E-state index in [-0.39, 0.29) is 17.6 Å². The number of carbonyl (C=O) groups is 2. The highest BCUT2D eigenvalue weighted by atomic mass is 35.5. The van der Waals surface area contributed by atoms with Crippen LogP contribution in [0.3, 0.4) is 0 Å². The van der Waals surface area contributed by atoms with Crippen LogP contribution < -0.4 is 16.4 Å². The van der Waals surface area contributed by atoms with Gasteiger partial charge in [-0.05, 0) is 44.0 Å². The maximum absolute atomic E-state index is 12.4. The molecule has 1 heterocycles. The van der Waals surface area contributed by atoms with Crippen molar-refractivity contribution in [3.63, 3.8) is 0 Å². The van der Waals surface area contributed by atoms with E-state index in [1.807, 2.05) is 0 Å². The summed E-state index contributed by atoms with van der Waals surface area (Å²) >= 11 is 5.99. The van der Waals surface area contributed by atoms with Crippen LogP contribution in [0.25, 0.3) is 0 Å². The zero-order valence-electron chi connectivity index (χ0n) is 13.5. The summed E-state index contributed by atoms with van der Waals surface area (Å²) in [5, 5.41) is 13.7. The first-order chi connectivity index (χ1) is 12.1. The largest absolute Gasteiger partial charge is 0.349 e. The number of nitrogens with two attached hydrogens (primary N) is 1. The molecular weight excluding hydrogens is 344 g/mol. The SMILES string of the molecule is NCCCn1cc(C(=O)Nc2ccc(Cl)cc2C(=O)NC2CC2)nn1. The minimum Gasteiger partial charge on any atom is -0.349 e. The van der Waals surface area contributed by atoms with Crippen molar-refractivity contribution in [3.8, 4) is 0 Å². The average molecular weight is 363 g/mol. The van der Waals surface area contributed by atoms with Gasteiger partial charge in [0.15, 0.2) is 5.69 Å². The van der Waals surface area contributed by atoms with Gasteiger partial charge in [-0.1, -0.05) is 16.8 Å². The predicted molar refractivity (Wildman–Crippen MR) is 93.6 cm³/mol. The molecule has 1 aliphatic rings. The number of aromatic nitrogens is 3. The number of anilines is 1. The number of hydrogen-bond donors (Lipinski definition) is 3. The lowest BCUT2D eigenvalue weighted by atomic mass is 10.1. The van der Waals surface area contributed by atoms with Crippen molar-refractivity contribution in [1.82, 2.24) is 20.3 Å². The van der Waals surface area contributed by atoms with Crippen molar-refractivity contribution in [2.75, 3.05) is 11.9 Å². The fraction of sp³-hybridized carbons (Fsp3) is 0.375. The number of rotatable bonds is 7. The molecule has 1 aromatic heterocycles. The van der Waals surface area contributed by atoms with E-state index in [1.165, 1.54) is 6.07 Å². The number of nitrogens with zero attached hydrogens (tertiary/aromatic N) is 3. The number of nitrogens with one attached hydrogen (secondary N) is 2. The Hall–Kier alpha value is -2.45. The molecule has 3 rings (SSSR count). The number of hydrogen-bond acceptors (Lipinski definition) is 5. The Kier molecular flexibility index (Phi) is 5.30. The first-order valence-electron chi connectivity index (χ1n) is 8.09. The van der Waals surface area contributed by atoms with Crippen molar-refractivity contribution in [2.24, 2.45) is 5.73 Å². The summed E-state index contributed by atoms with van der Waals surface area (Å²) in [7, 11) is 0. The minimum atomic E-state index is -0.443. The lowest BCUT2D eigenvalue weighted by Gasteiger charge is -2.11. The molecule has 2 amide bonds. The molecule has 0 atom stereocenters. The molecule has 8 nitrogen and oxygen atoms in total. The van der Waals surface area contributed by atoms with Gasteiger partial charge in [0.25, 0.3) is 11.8 Å². The van der Waals surface area contributed by atoms with Crippen LogP contribution in [0.5, 0.6) is 0 Å². The smallest absolute Gasteiger partial charge is 0.277 e. The quantitative estimate of drug-likeness (QED) is 0.689. The Labute approximate surface area is 149 Å². The van der Waals surface area contributed by atoms with Gasteiger partial charge in [-0.25, -0.2) is 0 Å². The van der Waals surface area contributed by atoms with Crippen LogP contribution in [0, 0.1) is 0 Å². The second-order valence-electron chi connectivity index (χ2n) is 5.90. The van der Waals surface area contributed by atoms with E-state index in [0.717, 1.165) is 19.3 Å². The van der Waals surface area contributed by atoms with Crippen molar-refractivity contribution in [2.45, 2.75) is 31.8 Å². The number of aryl methyl sites for hydroxylation is 1. The Balaban J connectivity index is 1.73. The molecule has 0 bridgehead atoms. The highest BCUT2D eigenvalue weighted by molar-refractivity contribution is 6.31. The molecule has 0 radical (unpaired) electrons. The van der Waals surface area contributed by atoms with Crippen molar-refractivity contribution >= 4 is 29.1 Å². The van der Waals surface area contributed by atoms with Crippen LogP contribution in [0.4, 0.5) is 5.69 Å². The predicted octanol–water partition coefficient (Wildman–Crippen LogP) is 1.42. The van der Waals surface area contributed by atoms with Crippen molar-refractivity contribution < 1.29 is 9.59 Å². The third-order valence-electron chi connectivity index (χ3n) is 3.75.